The lowest BCUT2D eigenvalue weighted by Crippen LogP contribution is -2.45. The van der Waals surface area contributed by atoms with Crippen molar-refractivity contribution in [3.8, 4) is 5.75 Å². The summed E-state index contributed by atoms with van der Waals surface area (Å²) >= 11 is 0. The number of hydrogen-bond donors (Lipinski definition) is 1. The molecule has 3 heteroatoms. The summed E-state index contributed by atoms with van der Waals surface area (Å²) in [5.74, 6) is 0.980. The van der Waals surface area contributed by atoms with Gasteiger partial charge in [-0.15, -0.1) is 0 Å². The first-order valence-electron chi connectivity index (χ1n) is 6.85. The Morgan fingerprint density at radius 3 is 2.61 bits per heavy atom. The number of nitrogens with one attached hydrogen (secondary N) is 1. The van der Waals surface area contributed by atoms with Crippen LogP contribution in [0.5, 0.6) is 5.75 Å². The fourth-order valence-electron chi connectivity index (χ4n) is 2.81. The van der Waals surface area contributed by atoms with Crippen LogP contribution < -0.4 is 10.1 Å². The average Bonchev–Trinajstić information content (AvgIpc) is 2.41. The minimum Gasteiger partial charge on any atom is -0.496 e. The summed E-state index contributed by atoms with van der Waals surface area (Å²) in [6, 6.07) is 7.11. The second-order valence-electron chi connectivity index (χ2n) is 4.94. The highest BCUT2D eigenvalue weighted by molar-refractivity contribution is 5.37. The van der Waals surface area contributed by atoms with Gasteiger partial charge in [-0.05, 0) is 30.5 Å². The molecule has 1 aromatic carbocycles. The number of ether oxygens (including phenoxy) is 1. The lowest BCUT2D eigenvalue weighted by molar-refractivity contribution is 0.169. The van der Waals surface area contributed by atoms with E-state index < -0.39 is 0 Å². The van der Waals surface area contributed by atoms with Crippen LogP contribution in [0.15, 0.2) is 18.2 Å². The van der Waals surface area contributed by atoms with E-state index in [4.69, 9.17) is 4.74 Å². The maximum Gasteiger partial charge on any atom is 0.121 e. The monoisotopic (exact) mass is 248 g/mol. The molecule has 18 heavy (non-hydrogen) atoms. The maximum atomic E-state index is 5.34. The Kier molecular flexibility index (Phi) is 4.61. The lowest BCUT2D eigenvalue weighted by atomic mass is 9.99. The second kappa shape index (κ2) is 6.21. The largest absolute Gasteiger partial charge is 0.496 e. The summed E-state index contributed by atoms with van der Waals surface area (Å²) < 4.78 is 5.34. The quantitative estimate of drug-likeness (QED) is 0.885. The molecule has 1 aliphatic heterocycles. The van der Waals surface area contributed by atoms with Crippen molar-refractivity contribution in [1.82, 2.24) is 10.2 Å². The molecule has 0 aromatic heterocycles. The zero-order valence-corrected chi connectivity index (χ0v) is 11.7. The third kappa shape index (κ3) is 2.85. The van der Waals surface area contributed by atoms with E-state index in [-0.39, 0.29) is 0 Å². The molecule has 1 atom stereocenters. The standard InChI is InChI=1S/C15H24N2O/c1-4-14(17-9-7-16-8-10-17)13-5-6-15(18-3)12(2)11-13/h5-6,11,14,16H,4,7-10H2,1-3H3/t14-/m0/s1. The van der Waals surface area contributed by atoms with E-state index >= 15 is 0 Å². The molecule has 1 N–H and O–H groups in total. The highest BCUT2D eigenvalue weighted by atomic mass is 16.5. The highest BCUT2D eigenvalue weighted by Gasteiger charge is 2.20. The fraction of sp³-hybridized carbons (Fsp3) is 0.600. The number of hydrogen-bond acceptors (Lipinski definition) is 3. The molecule has 2 rings (SSSR count). The first-order chi connectivity index (χ1) is 8.76. The summed E-state index contributed by atoms with van der Waals surface area (Å²) in [6.07, 6.45) is 1.16. The van der Waals surface area contributed by atoms with Gasteiger partial charge in [0.2, 0.25) is 0 Å². The second-order valence-corrected chi connectivity index (χ2v) is 4.94. The summed E-state index contributed by atoms with van der Waals surface area (Å²) in [5, 5.41) is 3.41. The van der Waals surface area contributed by atoms with Crippen LogP contribution in [0.25, 0.3) is 0 Å². The van der Waals surface area contributed by atoms with Gasteiger partial charge < -0.3 is 10.1 Å². The van der Waals surface area contributed by atoms with E-state index in [1.54, 1.807) is 7.11 Å². The molecule has 3 nitrogen and oxygen atoms in total. The first-order valence-corrected chi connectivity index (χ1v) is 6.85. The van der Waals surface area contributed by atoms with Crippen LogP contribution in [0.3, 0.4) is 0 Å². The van der Waals surface area contributed by atoms with Crippen molar-refractivity contribution in [3.05, 3.63) is 29.3 Å². The zero-order chi connectivity index (χ0) is 13.0. The minimum absolute atomic E-state index is 0.539. The summed E-state index contributed by atoms with van der Waals surface area (Å²) in [7, 11) is 1.73. The molecule has 0 bridgehead atoms. The van der Waals surface area contributed by atoms with Crippen molar-refractivity contribution < 1.29 is 4.74 Å². The summed E-state index contributed by atoms with van der Waals surface area (Å²) in [5.41, 5.74) is 2.64. The number of benzene rings is 1. The van der Waals surface area contributed by atoms with E-state index in [1.165, 1.54) is 11.1 Å². The van der Waals surface area contributed by atoms with Gasteiger partial charge >= 0.3 is 0 Å². The third-order valence-electron chi connectivity index (χ3n) is 3.78. The number of nitrogens with zero attached hydrogens (tertiary/aromatic N) is 1. The van der Waals surface area contributed by atoms with Crippen LogP contribution >= 0.6 is 0 Å². The molecule has 0 radical (unpaired) electrons. The van der Waals surface area contributed by atoms with Crippen LogP contribution in [-0.2, 0) is 0 Å². The van der Waals surface area contributed by atoms with Gasteiger partial charge in [-0.3, -0.25) is 4.90 Å². The van der Waals surface area contributed by atoms with Crippen LogP contribution in [0, 0.1) is 6.92 Å². The molecule has 1 heterocycles. The molecule has 1 fully saturated rings. The van der Waals surface area contributed by atoms with Crippen molar-refractivity contribution in [2.45, 2.75) is 26.3 Å². The molecule has 100 valence electrons. The van der Waals surface area contributed by atoms with E-state index in [0.717, 1.165) is 38.3 Å². The molecule has 1 aromatic rings. The Morgan fingerprint density at radius 1 is 1.33 bits per heavy atom. The Bertz CT molecular complexity index is 386. The first kappa shape index (κ1) is 13.4. The summed E-state index contributed by atoms with van der Waals surface area (Å²) in [6.45, 7) is 8.88. The van der Waals surface area contributed by atoms with Gasteiger partial charge in [0.1, 0.15) is 5.75 Å². The van der Waals surface area contributed by atoms with Crippen LogP contribution in [0.4, 0.5) is 0 Å². The van der Waals surface area contributed by atoms with Gasteiger partial charge in [-0.25, -0.2) is 0 Å². The van der Waals surface area contributed by atoms with Crippen molar-refractivity contribution >= 4 is 0 Å². The zero-order valence-electron chi connectivity index (χ0n) is 11.7. The van der Waals surface area contributed by atoms with Gasteiger partial charge in [-0.2, -0.15) is 0 Å². The van der Waals surface area contributed by atoms with E-state index in [0.29, 0.717) is 6.04 Å². The van der Waals surface area contributed by atoms with Gasteiger partial charge in [0, 0.05) is 32.2 Å². The lowest BCUT2D eigenvalue weighted by Gasteiger charge is -2.35. The molecule has 0 saturated carbocycles. The number of methoxy groups -OCH3 is 1. The van der Waals surface area contributed by atoms with Gasteiger partial charge in [0.25, 0.3) is 0 Å². The predicted molar refractivity (Wildman–Crippen MR) is 75.2 cm³/mol. The number of rotatable bonds is 4. The van der Waals surface area contributed by atoms with Crippen molar-refractivity contribution in [3.63, 3.8) is 0 Å². The molecule has 0 aliphatic carbocycles. The van der Waals surface area contributed by atoms with E-state index in [1.807, 2.05) is 0 Å². The van der Waals surface area contributed by atoms with Gasteiger partial charge in [-0.1, -0.05) is 19.1 Å². The molecule has 1 aliphatic rings. The Hall–Kier alpha value is -1.06. The molecular formula is C15H24N2O. The van der Waals surface area contributed by atoms with Crippen LogP contribution in [0.1, 0.15) is 30.5 Å². The number of aryl methyl sites for hydroxylation is 1. The third-order valence-corrected chi connectivity index (χ3v) is 3.78. The molecular weight excluding hydrogens is 224 g/mol. The molecule has 0 spiro atoms. The predicted octanol–water partition coefficient (Wildman–Crippen LogP) is 2.36. The van der Waals surface area contributed by atoms with Crippen molar-refractivity contribution in [2.24, 2.45) is 0 Å². The fourth-order valence-corrected chi connectivity index (χ4v) is 2.81. The van der Waals surface area contributed by atoms with Crippen LogP contribution in [0.2, 0.25) is 0 Å². The average molecular weight is 248 g/mol. The smallest absolute Gasteiger partial charge is 0.121 e. The Balaban J connectivity index is 2.18. The van der Waals surface area contributed by atoms with Crippen molar-refractivity contribution in [2.75, 3.05) is 33.3 Å². The minimum atomic E-state index is 0.539. The molecule has 0 amide bonds. The van der Waals surface area contributed by atoms with Gasteiger partial charge in [0.05, 0.1) is 7.11 Å². The van der Waals surface area contributed by atoms with Crippen molar-refractivity contribution in [1.29, 1.82) is 0 Å². The summed E-state index contributed by atoms with van der Waals surface area (Å²) in [4.78, 5) is 2.58. The topological polar surface area (TPSA) is 24.5 Å². The van der Waals surface area contributed by atoms with Gasteiger partial charge in [0.15, 0.2) is 0 Å². The SMILES string of the molecule is CC[C@@H](c1ccc(OC)c(C)c1)N1CCNCC1. The van der Waals surface area contributed by atoms with E-state index in [9.17, 15) is 0 Å². The molecule has 1 saturated heterocycles. The highest BCUT2D eigenvalue weighted by Crippen LogP contribution is 2.28. The van der Waals surface area contributed by atoms with E-state index in [2.05, 4.69) is 42.3 Å². The number of piperazine rings is 1. The van der Waals surface area contributed by atoms with Crippen LogP contribution in [-0.4, -0.2) is 38.2 Å². The molecule has 0 unspecified atom stereocenters. The maximum absolute atomic E-state index is 5.34. The Labute approximate surface area is 110 Å². The normalized spacial score (nSPS) is 18.6. The Morgan fingerprint density at radius 2 is 2.06 bits per heavy atom.